The van der Waals surface area contributed by atoms with Gasteiger partial charge in [-0.15, -0.1) is 0 Å². The van der Waals surface area contributed by atoms with Crippen LogP contribution >= 0.6 is 0 Å². The Hall–Kier alpha value is -2.95. The van der Waals surface area contributed by atoms with Gasteiger partial charge in [-0.05, 0) is 43.3 Å². The van der Waals surface area contributed by atoms with Crippen molar-refractivity contribution in [2.45, 2.75) is 13.8 Å². The molecule has 0 aliphatic heterocycles. The van der Waals surface area contributed by atoms with E-state index in [1.54, 1.807) is 36.4 Å². The van der Waals surface area contributed by atoms with E-state index in [9.17, 15) is 14.4 Å². The van der Waals surface area contributed by atoms with E-state index >= 15 is 0 Å². The van der Waals surface area contributed by atoms with E-state index in [1.165, 1.54) is 18.7 Å². The monoisotopic (exact) mass is 310 g/mol. The van der Waals surface area contributed by atoms with E-state index in [-0.39, 0.29) is 24.1 Å². The smallest absolute Gasteiger partial charge is 0.244 e. The fourth-order valence-corrected chi connectivity index (χ4v) is 2.13. The molecule has 2 aromatic rings. The van der Waals surface area contributed by atoms with Gasteiger partial charge in [0.1, 0.15) is 6.54 Å². The molecule has 0 aliphatic carbocycles. The summed E-state index contributed by atoms with van der Waals surface area (Å²) in [5.74, 6) is -0.585. The van der Waals surface area contributed by atoms with Crippen molar-refractivity contribution in [1.29, 1.82) is 0 Å². The Kier molecular flexibility index (Phi) is 5.25. The number of carbonyl (C=O) groups is 3. The van der Waals surface area contributed by atoms with Gasteiger partial charge >= 0.3 is 0 Å². The number of anilines is 2. The van der Waals surface area contributed by atoms with Crippen LogP contribution in [0.1, 0.15) is 24.2 Å². The second-order valence-electron chi connectivity index (χ2n) is 5.12. The van der Waals surface area contributed by atoms with E-state index in [0.29, 0.717) is 16.9 Å². The summed E-state index contributed by atoms with van der Waals surface area (Å²) in [6.45, 7) is 2.78. The molecule has 0 aliphatic rings. The highest BCUT2D eigenvalue weighted by molar-refractivity contribution is 6.02. The molecule has 2 amide bonds. The fraction of sp³-hybridized carbons (Fsp3) is 0.167. The van der Waals surface area contributed by atoms with Crippen molar-refractivity contribution >= 4 is 29.0 Å². The Morgan fingerprint density at radius 3 is 2.04 bits per heavy atom. The first-order valence-electron chi connectivity index (χ1n) is 7.21. The maximum Gasteiger partial charge on any atom is 0.244 e. The molecule has 2 aromatic carbocycles. The first-order valence-corrected chi connectivity index (χ1v) is 7.21. The third kappa shape index (κ3) is 4.51. The Morgan fingerprint density at radius 2 is 1.52 bits per heavy atom. The third-order valence-corrected chi connectivity index (χ3v) is 3.32. The van der Waals surface area contributed by atoms with Crippen LogP contribution in [0.25, 0.3) is 0 Å². The summed E-state index contributed by atoms with van der Waals surface area (Å²) in [5.41, 5.74) is 1.81. The molecule has 0 fully saturated rings. The Labute approximate surface area is 134 Å². The summed E-state index contributed by atoms with van der Waals surface area (Å²) in [5, 5.41) is 2.74. The molecule has 118 valence electrons. The number of para-hydroxylation sites is 1. The molecule has 0 unspecified atom stereocenters. The average molecular weight is 310 g/mol. The van der Waals surface area contributed by atoms with Crippen molar-refractivity contribution in [3.05, 3.63) is 60.2 Å². The van der Waals surface area contributed by atoms with Gasteiger partial charge in [-0.1, -0.05) is 18.2 Å². The minimum atomic E-state index is -0.290. The molecule has 0 heterocycles. The van der Waals surface area contributed by atoms with Gasteiger partial charge in [0.2, 0.25) is 11.8 Å². The lowest BCUT2D eigenvalue weighted by molar-refractivity contribution is -0.120. The van der Waals surface area contributed by atoms with Crippen molar-refractivity contribution in [3.8, 4) is 0 Å². The number of nitrogens with zero attached hydrogens (tertiary/aromatic N) is 1. The number of ketones is 1. The molecule has 0 spiro atoms. The second-order valence-corrected chi connectivity index (χ2v) is 5.12. The normalized spacial score (nSPS) is 10.0. The predicted molar refractivity (Wildman–Crippen MR) is 89.5 cm³/mol. The van der Waals surface area contributed by atoms with Gasteiger partial charge in [0.15, 0.2) is 5.78 Å². The average Bonchev–Trinajstić information content (AvgIpc) is 2.53. The van der Waals surface area contributed by atoms with Crippen LogP contribution in [0.4, 0.5) is 11.4 Å². The molecule has 0 aromatic heterocycles. The lowest BCUT2D eigenvalue weighted by atomic mass is 10.1. The number of amides is 2. The van der Waals surface area contributed by atoms with Gasteiger partial charge in [-0.2, -0.15) is 0 Å². The highest BCUT2D eigenvalue weighted by Crippen LogP contribution is 2.16. The van der Waals surface area contributed by atoms with E-state index in [1.807, 2.05) is 18.2 Å². The van der Waals surface area contributed by atoms with Gasteiger partial charge in [0.05, 0.1) is 0 Å². The fourth-order valence-electron chi connectivity index (χ4n) is 2.13. The number of hydrogen-bond donors (Lipinski definition) is 1. The molecule has 23 heavy (non-hydrogen) atoms. The zero-order chi connectivity index (χ0) is 16.8. The van der Waals surface area contributed by atoms with Crippen LogP contribution < -0.4 is 10.2 Å². The summed E-state index contributed by atoms with van der Waals surface area (Å²) in [6.07, 6.45) is 0. The standard InChI is InChI=1S/C18H18N2O3/c1-13(21)15-8-10-17(11-9-15)20(14(2)22)12-18(23)19-16-6-4-3-5-7-16/h3-11H,12H2,1-2H3,(H,19,23). The lowest BCUT2D eigenvalue weighted by Crippen LogP contribution is -2.36. The molecule has 0 saturated carbocycles. The van der Waals surface area contributed by atoms with Crippen LogP contribution in [-0.2, 0) is 9.59 Å². The van der Waals surface area contributed by atoms with Gasteiger partial charge in [0, 0.05) is 23.9 Å². The minimum Gasteiger partial charge on any atom is -0.325 e. The van der Waals surface area contributed by atoms with Crippen molar-refractivity contribution in [1.82, 2.24) is 0 Å². The second kappa shape index (κ2) is 7.35. The van der Waals surface area contributed by atoms with E-state index in [4.69, 9.17) is 0 Å². The molecular weight excluding hydrogens is 292 g/mol. The maximum absolute atomic E-state index is 12.1. The molecule has 0 atom stereocenters. The van der Waals surface area contributed by atoms with Crippen LogP contribution in [-0.4, -0.2) is 24.1 Å². The topological polar surface area (TPSA) is 66.5 Å². The number of carbonyl (C=O) groups excluding carboxylic acids is 3. The number of hydrogen-bond acceptors (Lipinski definition) is 3. The molecule has 0 bridgehead atoms. The molecule has 0 saturated heterocycles. The first kappa shape index (κ1) is 16.4. The lowest BCUT2D eigenvalue weighted by Gasteiger charge is -2.21. The maximum atomic E-state index is 12.1. The third-order valence-electron chi connectivity index (χ3n) is 3.32. The molecule has 2 rings (SSSR count). The molecule has 0 radical (unpaired) electrons. The van der Waals surface area contributed by atoms with Crippen molar-refractivity contribution in [2.24, 2.45) is 0 Å². The minimum absolute atomic E-state index is 0.0484. The van der Waals surface area contributed by atoms with E-state index < -0.39 is 0 Å². The Morgan fingerprint density at radius 1 is 0.913 bits per heavy atom. The zero-order valence-corrected chi connectivity index (χ0v) is 13.1. The molecule has 1 N–H and O–H groups in total. The first-order chi connectivity index (χ1) is 11.0. The largest absolute Gasteiger partial charge is 0.325 e. The van der Waals surface area contributed by atoms with Crippen LogP contribution in [0.5, 0.6) is 0 Å². The Balaban J connectivity index is 2.11. The van der Waals surface area contributed by atoms with Crippen LogP contribution in [0.15, 0.2) is 54.6 Å². The molecular formula is C18H18N2O3. The van der Waals surface area contributed by atoms with Gasteiger partial charge < -0.3 is 10.2 Å². The summed E-state index contributed by atoms with van der Waals surface area (Å²) < 4.78 is 0. The van der Waals surface area contributed by atoms with Gasteiger partial charge in [0.25, 0.3) is 0 Å². The highest BCUT2D eigenvalue weighted by Gasteiger charge is 2.16. The number of rotatable bonds is 5. The van der Waals surface area contributed by atoms with Crippen LogP contribution in [0.3, 0.4) is 0 Å². The SMILES string of the molecule is CC(=O)c1ccc(N(CC(=O)Nc2ccccc2)C(C)=O)cc1. The summed E-state index contributed by atoms with van der Waals surface area (Å²) in [6, 6.07) is 15.6. The number of nitrogens with one attached hydrogen (secondary N) is 1. The van der Waals surface area contributed by atoms with Gasteiger partial charge in [-0.25, -0.2) is 0 Å². The van der Waals surface area contributed by atoms with Crippen LogP contribution in [0, 0.1) is 0 Å². The van der Waals surface area contributed by atoms with Crippen molar-refractivity contribution in [2.75, 3.05) is 16.8 Å². The molecule has 5 nitrogen and oxygen atoms in total. The number of Topliss-reactive ketones (excluding diaryl/α,β-unsaturated/α-hetero) is 1. The van der Waals surface area contributed by atoms with Crippen LogP contribution in [0.2, 0.25) is 0 Å². The number of benzene rings is 2. The van der Waals surface area contributed by atoms with Crippen molar-refractivity contribution in [3.63, 3.8) is 0 Å². The van der Waals surface area contributed by atoms with E-state index in [0.717, 1.165) is 0 Å². The van der Waals surface area contributed by atoms with E-state index in [2.05, 4.69) is 5.32 Å². The van der Waals surface area contributed by atoms with Crippen molar-refractivity contribution < 1.29 is 14.4 Å². The van der Waals surface area contributed by atoms with Gasteiger partial charge in [-0.3, -0.25) is 14.4 Å². The predicted octanol–water partition coefficient (Wildman–Crippen LogP) is 2.88. The summed E-state index contributed by atoms with van der Waals surface area (Å²) in [7, 11) is 0. The zero-order valence-electron chi connectivity index (χ0n) is 13.1. The highest BCUT2D eigenvalue weighted by atomic mass is 16.2. The quantitative estimate of drug-likeness (QED) is 0.864. The summed E-state index contributed by atoms with van der Waals surface area (Å²) in [4.78, 5) is 36.6. The summed E-state index contributed by atoms with van der Waals surface area (Å²) >= 11 is 0. The molecule has 5 heteroatoms. The Bertz CT molecular complexity index is 709.